The number of hydrogen-bond acceptors (Lipinski definition) is 13. The summed E-state index contributed by atoms with van der Waals surface area (Å²) in [5.74, 6) is -2.15. The van der Waals surface area contributed by atoms with E-state index in [0.717, 1.165) is 0 Å². The number of carbonyl (C=O) groups is 3. The molecule has 14 nitrogen and oxygen atoms in total. The van der Waals surface area contributed by atoms with Gasteiger partial charge in [-0.2, -0.15) is 5.26 Å². The SMILES string of the molecule is COc1ccc(CNC(=O)[C@@]2(C)C3C[C@H](OC(=O)c4ccc(C#N)cc4)[C@@]4(C)Oc5cc(-c6cccnc6)oc(=O)c5[C@H](O)C4[C@@]3(C)CC[C@@H]2OC(C)=O)c(OC)c1. The summed E-state index contributed by atoms with van der Waals surface area (Å²) in [6.45, 7) is 6.74. The second kappa shape index (κ2) is 15.3. The Balaban J connectivity index is 1.34. The normalized spacial score (nSPS) is 28.2. The molecule has 2 aromatic heterocycles. The van der Waals surface area contributed by atoms with Gasteiger partial charge in [0, 0.05) is 55.0 Å². The van der Waals surface area contributed by atoms with Crippen LogP contribution >= 0.6 is 0 Å². The molecule has 0 radical (unpaired) electrons. The molecule has 1 aliphatic heterocycles. The summed E-state index contributed by atoms with van der Waals surface area (Å²) in [6.07, 6.45) is 0.186. The molecular weight excluding hydrogens is 746 g/mol. The lowest BCUT2D eigenvalue weighted by molar-refractivity contribution is -0.258. The van der Waals surface area contributed by atoms with Gasteiger partial charge < -0.3 is 38.5 Å². The van der Waals surface area contributed by atoms with Gasteiger partial charge >= 0.3 is 17.6 Å². The number of esters is 2. The molecule has 302 valence electrons. The van der Waals surface area contributed by atoms with Gasteiger partial charge in [-0.15, -0.1) is 0 Å². The number of rotatable bonds is 9. The summed E-state index contributed by atoms with van der Waals surface area (Å²) in [6, 6.07) is 18.1. The number of benzene rings is 2. The summed E-state index contributed by atoms with van der Waals surface area (Å²) < 4.78 is 35.8. The van der Waals surface area contributed by atoms with E-state index >= 15 is 0 Å². The minimum absolute atomic E-state index is 0.0397. The Morgan fingerprint density at radius 2 is 1.78 bits per heavy atom. The van der Waals surface area contributed by atoms with E-state index in [0.29, 0.717) is 34.6 Å². The summed E-state index contributed by atoms with van der Waals surface area (Å²) in [5, 5.41) is 24.9. The number of methoxy groups -OCH3 is 2. The van der Waals surface area contributed by atoms with Crippen molar-refractivity contribution >= 4 is 17.8 Å². The lowest BCUT2D eigenvalue weighted by atomic mass is 9.42. The van der Waals surface area contributed by atoms with Gasteiger partial charge in [-0.1, -0.05) is 6.92 Å². The van der Waals surface area contributed by atoms with Crippen LogP contribution < -0.4 is 25.2 Å². The summed E-state index contributed by atoms with van der Waals surface area (Å²) in [7, 11) is 3.05. The first-order valence-corrected chi connectivity index (χ1v) is 19.0. The molecule has 3 heterocycles. The maximum atomic E-state index is 14.9. The minimum Gasteiger partial charge on any atom is -0.497 e. The van der Waals surface area contributed by atoms with Gasteiger partial charge in [0.1, 0.15) is 46.4 Å². The highest BCUT2D eigenvalue weighted by atomic mass is 16.6. The predicted octanol–water partition coefficient (Wildman–Crippen LogP) is 5.69. The number of aliphatic hydroxyl groups excluding tert-OH is 1. The number of nitrogens with one attached hydrogen (secondary N) is 1. The van der Waals surface area contributed by atoms with Crippen LogP contribution in [0.2, 0.25) is 0 Å². The maximum Gasteiger partial charge on any atom is 0.345 e. The molecule has 58 heavy (non-hydrogen) atoms. The zero-order valence-corrected chi connectivity index (χ0v) is 33.1. The predicted molar refractivity (Wildman–Crippen MR) is 207 cm³/mol. The fourth-order valence-electron chi connectivity index (χ4n) is 9.80. The first-order valence-electron chi connectivity index (χ1n) is 19.0. The molecule has 3 aliphatic rings. The van der Waals surface area contributed by atoms with Crippen LogP contribution in [0, 0.1) is 34.0 Å². The van der Waals surface area contributed by atoms with Crippen molar-refractivity contribution in [1.82, 2.24) is 10.3 Å². The van der Waals surface area contributed by atoms with Crippen molar-refractivity contribution in [3.8, 4) is 34.6 Å². The van der Waals surface area contributed by atoms with E-state index in [2.05, 4.69) is 10.3 Å². The molecule has 2 aliphatic carbocycles. The molecule has 0 spiro atoms. The first kappa shape index (κ1) is 40.0. The van der Waals surface area contributed by atoms with Crippen molar-refractivity contribution in [2.75, 3.05) is 14.2 Å². The van der Waals surface area contributed by atoms with Gasteiger partial charge in [-0.25, -0.2) is 9.59 Å². The van der Waals surface area contributed by atoms with Gasteiger partial charge in [0.15, 0.2) is 0 Å². The molecule has 0 saturated heterocycles. The van der Waals surface area contributed by atoms with Crippen LogP contribution in [0.4, 0.5) is 0 Å². The molecule has 2 N–H and O–H groups in total. The van der Waals surface area contributed by atoms with Crippen molar-refractivity contribution in [2.24, 2.45) is 22.7 Å². The smallest absolute Gasteiger partial charge is 0.345 e. The molecule has 2 aromatic carbocycles. The third-order valence-corrected chi connectivity index (χ3v) is 12.6. The van der Waals surface area contributed by atoms with Crippen LogP contribution in [-0.2, 0) is 25.6 Å². The third-order valence-electron chi connectivity index (χ3n) is 12.6. The fraction of sp³-hybridized carbons (Fsp3) is 0.409. The Morgan fingerprint density at radius 3 is 2.43 bits per heavy atom. The van der Waals surface area contributed by atoms with E-state index in [-0.39, 0.29) is 42.0 Å². The largest absolute Gasteiger partial charge is 0.497 e. The van der Waals surface area contributed by atoms with Crippen LogP contribution in [0.5, 0.6) is 17.2 Å². The highest BCUT2D eigenvalue weighted by molar-refractivity contribution is 5.90. The number of aliphatic hydroxyl groups is 1. The Bertz CT molecular complexity index is 2340. The van der Waals surface area contributed by atoms with Crippen LogP contribution in [0.1, 0.15) is 80.1 Å². The number of nitriles is 1. The highest BCUT2D eigenvalue weighted by Gasteiger charge is 2.72. The Hall–Kier alpha value is -6.20. The van der Waals surface area contributed by atoms with E-state index in [1.807, 2.05) is 13.0 Å². The van der Waals surface area contributed by atoms with Crippen LogP contribution in [0.25, 0.3) is 11.3 Å². The number of amides is 1. The van der Waals surface area contributed by atoms with Gasteiger partial charge in [0.25, 0.3) is 0 Å². The summed E-state index contributed by atoms with van der Waals surface area (Å²) >= 11 is 0. The van der Waals surface area contributed by atoms with Crippen molar-refractivity contribution in [3.63, 3.8) is 0 Å². The second-order valence-corrected chi connectivity index (χ2v) is 15.8. The molecule has 2 fully saturated rings. The average Bonchev–Trinajstić information content (AvgIpc) is 3.21. The van der Waals surface area contributed by atoms with E-state index in [9.17, 15) is 29.5 Å². The van der Waals surface area contributed by atoms with E-state index in [1.54, 1.807) is 50.4 Å². The van der Waals surface area contributed by atoms with Gasteiger partial charge in [-0.3, -0.25) is 14.6 Å². The van der Waals surface area contributed by atoms with Crippen LogP contribution in [0.3, 0.4) is 0 Å². The quantitative estimate of drug-likeness (QED) is 0.196. The standard InChI is InChI=1S/C44H45N3O11/c1-24(48)55-34-15-16-42(2)33(43(34,3)41(52)47-23-28-13-14-29(53-5)18-30(28)54-6)20-35(57-39(50)26-11-9-25(21-45)10-12-26)44(4)38(42)37(49)36-32(58-44)19-31(56-40(36)51)27-8-7-17-46-22-27/h7-14,17-19,22,33-35,37-38,49H,15-16,20,23H2,1-6H3,(H,47,52)/t33?,34-,35-,37-,38?,42-,43-,44+/m0/s1. The van der Waals surface area contributed by atoms with Gasteiger partial charge in [0.05, 0.1) is 42.9 Å². The zero-order valence-electron chi connectivity index (χ0n) is 33.1. The number of nitrogens with zero attached hydrogens (tertiary/aromatic N) is 2. The topological polar surface area (TPSA) is 197 Å². The fourth-order valence-corrected chi connectivity index (χ4v) is 9.80. The third kappa shape index (κ3) is 6.72. The molecular formula is C44H45N3O11. The highest BCUT2D eigenvalue weighted by Crippen LogP contribution is 2.67. The van der Waals surface area contributed by atoms with Crippen molar-refractivity contribution in [1.29, 1.82) is 5.26 Å². The van der Waals surface area contributed by atoms with E-state index in [4.69, 9.17) is 28.1 Å². The number of carbonyl (C=O) groups excluding carboxylic acids is 3. The number of aromatic nitrogens is 1. The Kier molecular flexibility index (Phi) is 10.5. The maximum absolute atomic E-state index is 14.9. The summed E-state index contributed by atoms with van der Waals surface area (Å²) in [5.41, 5.74) is -3.15. The van der Waals surface area contributed by atoms with E-state index < -0.39 is 70.1 Å². The number of ether oxygens (including phenoxy) is 5. The number of hydrogen-bond donors (Lipinski definition) is 2. The minimum atomic E-state index is -1.50. The molecule has 7 rings (SSSR count). The number of pyridine rings is 1. The van der Waals surface area contributed by atoms with E-state index in [1.165, 1.54) is 57.7 Å². The van der Waals surface area contributed by atoms with Gasteiger partial charge in [-0.05, 0) is 93.0 Å². The summed E-state index contributed by atoms with van der Waals surface area (Å²) in [4.78, 5) is 59.5. The molecule has 14 heteroatoms. The van der Waals surface area contributed by atoms with Crippen LogP contribution in [0.15, 0.2) is 82.3 Å². The Labute approximate surface area is 335 Å². The monoisotopic (exact) mass is 791 g/mol. The van der Waals surface area contributed by atoms with Crippen molar-refractivity contribution in [3.05, 3.63) is 106 Å². The molecule has 8 atom stereocenters. The zero-order chi connectivity index (χ0) is 41.6. The van der Waals surface area contributed by atoms with Crippen LogP contribution in [-0.4, -0.2) is 60.0 Å². The van der Waals surface area contributed by atoms with Crippen molar-refractivity contribution < 1.29 is 47.6 Å². The lowest BCUT2D eigenvalue weighted by Crippen LogP contribution is -2.72. The molecule has 2 saturated carbocycles. The first-order chi connectivity index (χ1) is 27.7. The molecule has 1 amide bonds. The molecule has 0 bridgehead atoms. The molecule has 4 aromatic rings. The number of fused-ring (bicyclic) bond motifs is 4. The lowest BCUT2D eigenvalue weighted by Gasteiger charge is -2.66. The van der Waals surface area contributed by atoms with Crippen molar-refractivity contribution in [2.45, 2.75) is 77.4 Å². The Morgan fingerprint density at radius 1 is 1.02 bits per heavy atom. The van der Waals surface area contributed by atoms with Gasteiger partial charge in [0.2, 0.25) is 5.91 Å². The molecule has 2 unspecified atom stereocenters. The second-order valence-electron chi connectivity index (χ2n) is 15.8. The average molecular weight is 792 g/mol.